The fourth-order valence-corrected chi connectivity index (χ4v) is 1.78. The Hall–Kier alpha value is -1.94. The highest BCUT2D eigenvalue weighted by Gasteiger charge is 2.03. The van der Waals surface area contributed by atoms with Crippen LogP contribution in [0.5, 0.6) is 0 Å². The topological polar surface area (TPSA) is 41.5 Å². The van der Waals surface area contributed by atoms with Crippen molar-refractivity contribution in [3.05, 3.63) is 58.3 Å². The number of amides is 1. The van der Waals surface area contributed by atoms with Crippen LogP contribution in [0.15, 0.2) is 52.9 Å². The fourth-order valence-electron chi connectivity index (χ4n) is 1.17. The molecular weight excluding hydrogens is 220 g/mol. The molecule has 0 saturated heterocycles. The van der Waals surface area contributed by atoms with E-state index in [0.29, 0.717) is 4.88 Å². The summed E-state index contributed by atoms with van der Waals surface area (Å²) in [6.45, 7) is 0. The average Bonchev–Trinajstić information content (AvgIpc) is 2.84. The van der Waals surface area contributed by atoms with E-state index in [-0.39, 0.29) is 5.91 Å². The third kappa shape index (κ3) is 2.77. The van der Waals surface area contributed by atoms with Crippen molar-refractivity contribution < 1.29 is 4.79 Å². The van der Waals surface area contributed by atoms with Gasteiger partial charge in [-0.25, -0.2) is 5.43 Å². The average molecular weight is 230 g/mol. The summed E-state index contributed by atoms with van der Waals surface area (Å²) in [6, 6.07) is 13.2. The monoisotopic (exact) mass is 230 g/mol. The third-order valence-electron chi connectivity index (χ3n) is 1.92. The lowest BCUT2D eigenvalue weighted by Gasteiger charge is -1.95. The number of nitrogens with zero attached hydrogens (tertiary/aromatic N) is 1. The molecule has 0 unspecified atom stereocenters. The summed E-state index contributed by atoms with van der Waals surface area (Å²) < 4.78 is 0. The van der Waals surface area contributed by atoms with Crippen LogP contribution < -0.4 is 5.43 Å². The van der Waals surface area contributed by atoms with Crippen molar-refractivity contribution in [3.63, 3.8) is 0 Å². The van der Waals surface area contributed by atoms with Crippen LogP contribution in [-0.2, 0) is 0 Å². The van der Waals surface area contributed by atoms with Gasteiger partial charge in [-0.3, -0.25) is 4.79 Å². The highest BCUT2D eigenvalue weighted by molar-refractivity contribution is 7.12. The zero-order valence-electron chi connectivity index (χ0n) is 8.46. The molecule has 0 aliphatic rings. The number of carbonyl (C=O) groups excluding carboxylic acids is 1. The number of nitrogens with one attached hydrogen (secondary N) is 1. The summed E-state index contributed by atoms with van der Waals surface area (Å²) in [5.41, 5.74) is 3.43. The predicted octanol–water partition coefficient (Wildman–Crippen LogP) is 2.51. The van der Waals surface area contributed by atoms with Crippen LogP contribution in [0.4, 0.5) is 0 Å². The molecule has 2 rings (SSSR count). The maximum absolute atomic E-state index is 11.5. The standard InChI is InChI=1S/C12H10N2OS/c15-12(11-7-4-8-16-11)14-13-9-10-5-2-1-3-6-10/h1-9H,(H,14,15). The Bertz CT molecular complexity index is 477. The zero-order chi connectivity index (χ0) is 11.2. The number of hydrazone groups is 1. The van der Waals surface area contributed by atoms with E-state index in [1.165, 1.54) is 11.3 Å². The van der Waals surface area contributed by atoms with E-state index in [2.05, 4.69) is 10.5 Å². The van der Waals surface area contributed by atoms with Crippen LogP contribution in [0.3, 0.4) is 0 Å². The minimum Gasteiger partial charge on any atom is -0.266 e. The summed E-state index contributed by atoms with van der Waals surface area (Å²) in [4.78, 5) is 12.1. The van der Waals surface area contributed by atoms with Gasteiger partial charge < -0.3 is 0 Å². The molecule has 16 heavy (non-hydrogen) atoms. The molecule has 80 valence electrons. The van der Waals surface area contributed by atoms with Gasteiger partial charge in [0.05, 0.1) is 11.1 Å². The SMILES string of the molecule is O=C(NN=Cc1ccccc1)c1cccs1. The molecule has 0 spiro atoms. The third-order valence-corrected chi connectivity index (χ3v) is 2.79. The van der Waals surface area contributed by atoms with Gasteiger partial charge in [0.1, 0.15) is 0 Å². The van der Waals surface area contributed by atoms with E-state index in [1.54, 1.807) is 12.3 Å². The maximum Gasteiger partial charge on any atom is 0.281 e. The van der Waals surface area contributed by atoms with Gasteiger partial charge in [-0.1, -0.05) is 36.4 Å². The molecule has 4 heteroatoms. The van der Waals surface area contributed by atoms with Crippen molar-refractivity contribution >= 4 is 23.5 Å². The first-order valence-electron chi connectivity index (χ1n) is 4.78. The van der Waals surface area contributed by atoms with Crippen molar-refractivity contribution in [1.82, 2.24) is 5.43 Å². The van der Waals surface area contributed by atoms with E-state index in [4.69, 9.17) is 0 Å². The van der Waals surface area contributed by atoms with Crippen LogP contribution in [0.1, 0.15) is 15.2 Å². The van der Waals surface area contributed by atoms with E-state index < -0.39 is 0 Å². The molecule has 1 amide bonds. The molecule has 0 atom stereocenters. The van der Waals surface area contributed by atoms with Crippen LogP contribution in [0.2, 0.25) is 0 Å². The molecule has 1 aromatic carbocycles. The quantitative estimate of drug-likeness (QED) is 0.639. The molecule has 0 saturated carbocycles. The normalized spacial score (nSPS) is 10.5. The number of hydrogen-bond acceptors (Lipinski definition) is 3. The molecule has 0 radical (unpaired) electrons. The fraction of sp³-hybridized carbons (Fsp3) is 0. The van der Waals surface area contributed by atoms with Crippen LogP contribution >= 0.6 is 11.3 Å². The number of benzene rings is 1. The Morgan fingerprint density at radius 1 is 1.19 bits per heavy atom. The van der Waals surface area contributed by atoms with Crippen molar-refractivity contribution in [2.75, 3.05) is 0 Å². The molecule has 3 nitrogen and oxygen atoms in total. The molecule has 0 aliphatic heterocycles. The molecule has 0 bridgehead atoms. The second-order valence-electron chi connectivity index (χ2n) is 3.09. The van der Waals surface area contributed by atoms with E-state index in [1.807, 2.05) is 41.8 Å². The van der Waals surface area contributed by atoms with Gasteiger partial charge in [0.25, 0.3) is 5.91 Å². The predicted molar refractivity (Wildman–Crippen MR) is 65.8 cm³/mol. The lowest BCUT2D eigenvalue weighted by molar-refractivity contribution is 0.0959. The van der Waals surface area contributed by atoms with Crippen LogP contribution in [0.25, 0.3) is 0 Å². The Labute approximate surface area is 97.4 Å². The smallest absolute Gasteiger partial charge is 0.266 e. The van der Waals surface area contributed by atoms with Crippen molar-refractivity contribution in [2.24, 2.45) is 5.10 Å². The minimum atomic E-state index is -0.179. The first-order valence-corrected chi connectivity index (χ1v) is 5.66. The number of carbonyl (C=O) groups is 1. The molecule has 1 N–H and O–H groups in total. The summed E-state index contributed by atoms with van der Waals surface area (Å²) in [5, 5.41) is 5.74. The zero-order valence-corrected chi connectivity index (χ0v) is 9.28. The largest absolute Gasteiger partial charge is 0.281 e. The number of hydrogen-bond donors (Lipinski definition) is 1. The first-order chi connectivity index (χ1) is 7.86. The molecule has 1 aromatic heterocycles. The summed E-state index contributed by atoms with van der Waals surface area (Å²) in [5.74, 6) is -0.179. The Morgan fingerprint density at radius 2 is 2.00 bits per heavy atom. The second kappa shape index (κ2) is 5.23. The summed E-state index contributed by atoms with van der Waals surface area (Å²) >= 11 is 1.39. The van der Waals surface area contributed by atoms with Gasteiger partial charge in [-0.2, -0.15) is 5.10 Å². The van der Waals surface area contributed by atoms with E-state index in [9.17, 15) is 4.79 Å². The van der Waals surface area contributed by atoms with Gasteiger partial charge in [-0.15, -0.1) is 11.3 Å². The van der Waals surface area contributed by atoms with Crippen molar-refractivity contribution in [1.29, 1.82) is 0 Å². The molecular formula is C12H10N2OS. The van der Waals surface area contributed by atoms with Crippen LogP contribution in [-0.4, -0.2) is 12.1 Å². The van der Waals surface area contributed by atoms with Gasteiger partial charge in [-0.05, 0) is 17.0 Å². The minimum absolute atomic E-state index is 0.179. The van der Waals surface area contributed by atoms with Crippen molar-refractivity contribution in [2.45, 2.75) is 0 Å². The summed E-state index contributed by atoms with van der Waals surface area (Å²) in [7, 11) is 0. The van der Waals surface area contributed by atoms with E-state index in [0.717, 1.165) is 5.56 Å². The molecule has 1 heterocycles. The van der Waals surface area contributed by atoms with Crippen LogP contribution in [0, 0.1) is 0 Å². The highest BCUT2D eigenvalue weighted by Crippen LogP contribution is 2.07. The van der Waals surface area contributed by atoms with Gasteiger partial charge in [0.15, 0.2) is 0 Å². The van der Waals surface area contributed by atoms with Gasteiger partial charge in [0.2, 0.25) is 0 Å². The number of thiophene rings is 1. The summed E-state index contributed by atoms with van der Waals surface area (Å²) in [6.07, 6.45) is 1.62. The van der Waals surface area contributed by atoms with Gasteiger partial charge in [0, 0.05) is 0 Å². The Morgan fingerprint density at radius 3 is 2.69 bits per heavy atom. The van der Waals surface area contributed by atoms with Crippen molar-refractivity contribution in [3.8, 4) is 0 Å². The lowest BCUT2D eigenvalue weighted by Crippen LogP contribution is -2.15. The Kier molecular flexibility index (Phi) is 3.46. The second-order valence-corrected chi connectivity index (χ2v) is 4.03. The molecule has 0 fully saturated rings. The number of rotatable bonds is 3. The molecule has 2 aromatic rings. The highest BCUT2D eigenvalue weighted by atomic mass is 32.1. The Balaban J connectivity index is 1.93. The van der Waals surface area contributed by atoms with E-state index >= 15 is 0 Å². The lowest BCUT2D eigenvalue weighted by atomic mass is 10.2. The first kappa shape index (κ1) is 10.6. The molecule has 0 aliphatic carbocycles. The maximum atomic E-state index is 11.5. The van der Waals surface area contributed by atoms with Gasteiger partial charge >= 0.3 is 0 Å².